The number of thiazole rings is 1. The fourth-order valence-electron chi connectivity index (χ4n) is 2.13. The van der Waals surface area contributed by atoms with Crippen LogP contribution >= 0.6 is 11.3 Å². The second kappa shape index (κ2) is 4.68. The Morgan fingerprint density at radius 1 is 1.40 bits per heavy atom. The highest BCUT2D eigenvalue weighted by atomic mass is 32.1. The number of amides is 1. The molecule has 0 radical (unpaired) electrons. The van der Waals surface area contributed by atoms with Crippen LogP contribution in [0.3, 0.4) is 0 Å². The van der Waals surface area contributed by atoms with Gasteiger partial charge in [0.2, 0.25) is 5.91 Å². The summed E-state index contributed by atoms with van der Waals surface area (Å²) in [5, 5.41) is 11.4. The molecule has 0 bridgehead atoms. The van der Waals surface area contributed by atoms with Crippen LogP contribution in [0.4, 0.5) is 5.13 Å². The number of fused-ring (bicyclic) bond motifs is 1. The van der Waals surface area contributed by atoms with Crippen LogP contribution in [-0.4, -0.2) is 25.9 Å². The summed E-state index contributed by atoms with van der Waals surface area (Å²) in [6.07, 6.45) is 0. The quantitative estimate of drug-likeness (QED) is 0.785. The molecule has 20 heavy (non-hydrogen) atoms. The Balaban J connectivity index is 2.09. The second-order valence-corrected chi connectivity index (χ2v) is 5.56. The number of hydrogen-bond donors (Lipinski definition) is 1. The summed E-state index contributed by atoms with van der Waals surface area (Å²) in [4.78, 5) is 15.4. The van der Waals surface area contributed by atoms with Crippen LogP contribution in [0.15, 0.2) is 18.2 Å². The van der Waals surface area contributed by atoms with E-state index in [1.165, 1.54) is 18.3 Å². The van der Waals surface area contributed by atoms with E-state index in [0.29, 0.717) is 5.13 Å². The third-order valence-corrected chi connectivity index (χ3v) is 3.87. The maximum Gasteiger partial charge on any atom is 0.223 e. The number of nitrogens with one attached hydrogen (secondary N) is 1. The summed E-state index contributed by atoms with van der Waals surface area (Å²) in [6, 6.07) is 5.98. The molecule has 0 atom stereocenters. The average Bonchev–Trinajstić information content (AvgIpc) is 2.91. The number of benzene rings is 1. The van der Waals surface area contributed by atoms with Gasteiger partial charge in [0.05, 0.1) is 21.6 Å². The highest BCUT2D eigenvalue weighted by Gasteiger charge is 2.11. The molecular weight excluding hydrogens is 274 g/mol. The fourth-order valence-corrected chi connectivity index (χ4v) is 3.08. The van der Waals surface area contributed by atoms with E-state index in [9.17, 15) is 4.79 Å². The van der Waals surface area contributed by atoms with E-state index in [4.69, 9.17) is 0 Å². The largest absolute Gasteiger partial charge is 0.302 e. The standard InChI is InChI=1S/C13H13N5OS/c1-7-12(18(3)17-16-7)9-4-5-10-11(6-9)20-13(15-10)14-8(2)19/h4-6H,1-3H3,(H,14,15,19). The van der Waals surface area contributed by atoms with Crippen LogP contribution in [0.2, 0.25) is 0 Å². The van der Waals surface area contributed by atoms with Gasteiger partial charge in [-0.05, 0) is 19.1 Å². The monoisotopic (exact) mass is 287 g/mol. The van der Waals surface area contributed by atoms with E-state index >= 15 is 0 Å². The first kappa shape index (κ1) is 12.7. The van der Waals surface area contributed by atoms with E-state index in [-0.39, 0.29) is 5.91 Å². The first-order valence-corrected chi connectivity index (χ1v) is 6.91. The lowest BCUT2D eigenvalue weighted by atomic mass is 10.1. The van der Waals surface area contributed by atoms with E-state index in [0.717, 1.165) is 27.2 Å². The zero-order valence-corrected chi connectivity index (χ0v) is 12.2. The van der Waals surface area contributed by atoms with Crippen molar-refractivity contribution < 1.29 is 4.79 Å². The first-order valence-electron chi connectivity index (χ1n) is 6.09. The smallest absolute Gasteiger partial charge is 0.223 e. The van der Waals surface area contributed by atoms with Crippen molar-refractivity contribution >= 4 is 32.6 Å². The molecule has 0 fully saturated rings. The maximum atomic E-state index is 11.1. The topological polar surface area (TPSA) is 72.7 Å². The van der Waals surface area contributed by atoms with Crippen molar-refractivity contribution in [3.63, 3.8) is 0 Å². The Kier molecular flexibility index (Phi) is 2.98. The predicted octanol–water partition coefficient (Wildman–Crippen LogP) is 2.36. The van der Waals surface area contributed by atoms with Gasteiger partial charge in [-0.1, -0.05) is 22.6 Å². The van der Waals surface area contributed by atoms with Crippen LogP contribution in [0, 0.1) is 6.92 Å². The van der Waals surface area contributed by atoms with Gasteiger partial charge < -0.3 is 5.32 Å². The summed E-state index contributed by atoms with van der Waals surface area (Å²) >= 11 is 1.46. The molecule has 0 spiro atoms. The molecule has 0 aliphatic carbocycles. The summed E-state index contributed by atoms with van der Waals surface area (Å²) in [5.41, 5.74) is 3.79. The lowest BCUT2D eigenvalue weighted by molar-refractivity contribution is -0.114. The molecule has 0 unspecified atom stereocenters. The lowest BCUT2D eigenvalue weighted by Gasteiger charge is -2.01. The molecule has 102 valence electrons. The van der Waals surface area contributed by atoms with Gasteiger partial charge >= 0.3 is 0 Å². The summed E-state index contributed by atoms with van der Waals surface area (Å²) in [6.45, 7) is 3.41. The van der Waals surface area contributed by atoms with E-state index < -0.39 is 0 Å². The van der Waals surface area contributed by atoms with Crippen LogP contribution < -0.4 is 5.32 Å². The highest BCUT2D eigenvalue weighted by Crippen LogP contribution is 2.31. The molecule has 1 aromatic carbocycles. The van der Waals surface area contributed by atoms with Gasteiger partial charge in [-0.3, -0.25) is 4.79 Å². The molecule has 0 saturated carbocycles. The predicted molar refractivity (Wildman–Crippen MR) is 78.7 cm³/mol. The summed E-state index contributed by atoms with van der Waals surface area (Å²) in [5.74, 6) is -0.115. The third kappa shape index (κ3) is 2.16. The molecule has 3 aromatic rings. The van der Waals surface area contributed by atoms with Crippen molar-refractivity contribution in [3.8, 4) is 11.3 Å². The molecular formula is C13H13N5OS. The molecule has 2 aromatic heterocycles. The van der Waals surface area contributed by atoms with Gasteiger partial charge in [-0.2, -0.15) is 0 Å². The first-order chi connectivity index (χ1) is 9.54. The maximum absolute atomic E-state index is 11.1. The van der Waals surface area contributed by atoms with Crippen molar-refractivity contribution in [1.29, 1.82) is 0 Å². The van der Waals surface area contributed by atoms with Gasteiger partial charge in [0.1, 0.15) is 0 Å². The molecule has 0 aliphatic rings. The number of aromatic nitrogens is 4. The van der Waals surface area contributed by atoms with Crippen molar-refractivity contribution in [2.45, 2.75) is 13.8 Å². The normalized spacial score (nSPS) is 10.9. The minimum atomic E-state index is -0.115. The number of carbonyl (C=O) groups is 1. The Labute approximate surface area is 119 Å². The van der Waals surface area contributed by atoms with E-state index in [1.807, 2.05) is 32.2 Å². The fraction of sp³-hybridized carbons (Fsp3) is 0.231. The Morgan fingerprint density at radius 2 is 2.20 bits per heavy atom. The van der Waals surface area contributed by atoms with E-state index in [1.54, 1.807) is 4.68 Å². The van der Waals surface area contributed by atoms with Crippen LogP contribution in [-0.2, 0) is 11.8 Å². The average molecular weight is 287 g/mol. The molecule has 0 aliphatic heterocycles. The zero-order valence-electron chi connectivity index (χ0n) is 11.3. The summed E-state index contributed by atoms with van der Waals surface area (Å²) < 4.78 is 2.78. The SMILES string of the molecule is CC(=O)Nc1nc2ccc(-c3c(C)nnn3C)cc2s1. The van der Waals surface area contributed by atoms with Crippen LogP contribution in [0.1, 0.15) is 12.6 Å². The minimum Gasteiger partial charge on any atom is -0.302 e. The third-order valence-electron chi connectivity index (χ3n) is 2.94. The molecule has 1 amide bonds. The Hall–Kier alpha value is -2.28. The molecule has 1 N–H and O–H groups in total. The van der Waals surface area contributed by atoms with Gasteiger partial charge in [0.25, 0.3) is 0 Å². The number of rotatable bonds is 2. The van der Waals surface area contributed by atoms with Gasteiger partial charge in [-0.25, -0.2) is 9.67 Å². The molecule has 0 saturated heterocycles. The van der Waals surface area contributed by atoms with Crippen molar-refractivity contribution in [1.82, 2.24) is 20.0 Å². The zero-order chi connectivity index (χ0) is 14.3. The van der Waals surface area contributed by atoms with Crippen LogP contribution in [0.5, 0.6) is 0 Å². The molecule has 2 heterocycles. The number of hydrogen-bond acceptors (Lipinski definition) is 5. The lowest BCUT2D eigenvalue weighted by Crippen LogP contribution is -2.04. The van der Waals surface area contributed by atoms with Gasteiger partial charge in [0.15, 0.2) is 5.13 Å². The molecule has 3 rings (SSSR count). The van der Waals surface area contributed by atoms with Crippen LogP contribution in [0.25, 0.3) is 21.5 Å². The number of anilines is 1. The summed E-state index contributed by atoms with van der Waals surface area (Å²) in [7, 11) is 1.87. The Bertz CT molecular complexity index is 785. The number of aryl methyl sites for hydroxylation is 2. The van der Waals surface area contributed by atoms with Crippen molar-refractivity contribution in [2.75, 3.05) is 5.32 Å². The molecule has 7 heteroatoms. The molecule has 6 nitrogen and oxygen atoms in total. The van der Waals surface area contributed by atoms with Gasteiger partial charge in [0, 0.05) is 19.5 Å². The Morgan fingerprint density at radius 3 is 2.85 bits per heavy atom. The van der Waals surface area contributed by atoms with Crippen molar-refractivity contribution in [2.24, 2.45) is 7.05 Å². The minimum absolute atomic E-state index is 0.115. The number of carbonyl (C=O) groups excluding carboxylic acids is 1. The van der Waals surface area contributed by atoms with Gasteiger partial charge in [-0.15, -0.1) is 5.10 Å². The highest BCUT2D eigenvalue weighted by molar-refractivity contribution is 7.22. The second-order valence-electron chi connectivity index (χ2n) is 4.53. The number of nitrogens with zero attached hydrogens (tertiary/aromatic N) is 4. The van der Waals surface area contributed by atoms with E-state index in [2.05, 4.69) is 20.6 Å². The van der Waals surface area contributed by atoms with Crippen molar-refractivity contribution in [3.05, 3.63) is 23.9 Å².